The van der Waals surface area contributed by atoms with Gasteiger partial charge in [-0.15, -0.1) is 0 Å². The molecule has 0 N–H and O–H groups in total. The number of hydrogen-bond donors (Lipinski definition) is 0. The molecule has 2 aliphatic heterocycles. The van der Waals surface area contributed by atoms with Crippen molar-refractivity contribution < 1.29 is 9.47 Å². The van der Waals surface area contributed by atoms with Gasteiger partial charge in [0.25, 0.3) is 0 Å². The predicted octanol–water partition coefficient (Wildman–Crippen LogP) is 2.04. The molecule has 2 fully saturated rings. The SMILES string of the molecule is CCc1cnc(N2CCCC3(CC(Oc4ncccn4)CO3)C2)nc1. The lowest BCUT2D eigenvalue weighted by Gasteiger charge is -2.39. The van der Waals surface area contributed by atoms with Crippen LogP contribution in [0.5, 0.6) is 6.01 Å². The number of aromatic nitrogens is 4. The fourth-order valence-electron chi connectivity index (χ4n) is 3.62. The van der Waals surface area contributed by atoms with Gasteiger partial charge in [-0.2, -0.15) is 0 Å². The summed E-state index contributed by atoms with van der Waals surface area (Å²) in [4.78, 5) is 19.5. The van der Waals surface area contributed by atoms with Crippen LogP contribution < -0.4 is 9.64 Å². The molecule has 25 heavy (non-hydrogen) atoms. The fourth-order valence-corrected chi connectivity index (χ4v) is 3.62. The van der Waals surface area contributed by atoms with Crippen LogP contribution in [0.25, 0.3) is 0 Å². The van der Waals surface area contributed by atoms with Gasteiger partial charge in [0.15, 0.2) is 0 Å². The zero-order valence-electron chi connectivity index (χ0n) is 14.5. The molecule has 0 saturated carbocycles. The van der Waals surface area contributed by atoms with Crippen molar-refractivity contribution >= 4 is 5.95 Å². The molecule has 7 nitrogen and oxygen atoms in total. The van der Waals surface area contributed by atoms with E-state index in [1.165, 1.54) is 0 Å². The lowest BCUT2D eigenvalue weighted by molar-refractivity contribution is -0.00859. The second-order valence-corrected chi connectivity index (χ2v) is 6.74. The van der Waals surface area contributed by atoms with Crippen molar-refractivity contribution in [1.29, 1.82) is 0 Å². The minimum Gasteiger partial charge on any atom is -0.458 e. The Kier molecular flexibility index (Phi) is 4.48. The maximum Gasteiger partial charge on any atom is 0.316 e. The van der Waals surface area contributed by atoms with Crippen molar-refractivity contribution in [1.82, 2.24) is 19.9 Å². The first kappa shape index (κ1) is 16.2. The van der Waals surface area contributed by atoms with E-state index < -0.39 is 0 Å². The first-order chi connectivity index (χ1) is 12.3. The van der Waals surface area contributed by atoms with Crippen molar-refractivity contribution in [3.63, 3.8) is 0 Å². The maximum absolute atomic E-state index is 6.19. The van der Waals surface area contributed by atoms with Crippen molar-refractivity contribution in [2.45, 2.75) is 44.3 Å². The quantitative estimate of drug-likeness (QED) is 0.842. The van der Waals surface area contributed by atoms with Crippen LogP contribution in [0.3, 0.4) is 0 Å². The average molecular weight is 341 g/mol. The number of hydrogen-bond acceptors (Lipinski definition) is 7. The summed E-state index contributed by atoms with van der Waals surface area (Å²) in [6, 6.07) is 2.20. The Bertz CT molecular complexity index is 696. The molecule has 0 bridgehead atoms. The maximum atomic E-state index is 6.19. The molecule has 0 aromatic carbocycles. The standard InChI is InChI=1S/C18H23N5O2/c1-2-14-10-21-16(22-11-14)23-8-3-5-18(13-23)9-15(12-24-18)25-17-19-6-4-7-20-17/h4,6-7,10-11,15H,2-3,5,8-9,12-13H2,1H3. The van der Waals surface area contributed by atoms with Crippen LogP contribution in [0.15, 0.2) is 30.9 Å². The molecule has 1 spiro atoms. The third-order valence-corrected chi connectivity index (χ3v) is 4.91. The predicted molar refractivity (Wildman–Crippen MR) is 92.6 cm³/mol. The molecule has 0 amide bonds. The van der Waals surface area contributed by atoms with Gasteiger partial charge in [0.05, 0.1) is 12.2 Å². The van der Waals surface area contributed by atoms with Crippen molar-refractivity contribution in [3.8, 4) is 6.01 Å². The molecule has 7 heteroatoms. The van der Waals surface area contributed by atoms with Crippen LogP contribution >= 0.6 is 0 Å². The molecular weight excluding hydrogens is 318 g/mol. The minimum atomic E-state index is -0.190. The number of ether oxygens (including phenoxy) is 2. The number of rotatable bonds is 4. The molecule has 0 radical (unpaired) electrons. The lowest BCUT2D eigenvalue weighted by Crippen LogP contribution is -2.48. The number of aryl methyl sites for hydroxylation is 1. The van der Waals surface area contributed by atoms with Gasteiger partial charge in [-0.1, -0.05) is 6.92 Å². The molecule has 2 atom stereocenters. The van der Waals surface area contributed by atoms with Gasteiger partial charge in [-0.3, -0.25) is 0 Å². The molecule has 4 rings (SSSR count). The zero-order chi connectivity index (χ0) is 17.1. The van der Waals surface area contributed by atoms with Gasteiger partial charge < -0.3 is 14.4 Å². The molecule has 2 saturated heterocycles. The molecule has 2 aliphatic rings. The third kappa shape index (κ3) is 3.56. The van der Waals surface area contributed by atoms with Gasteiger partial charge in [-0.25, -0.2) is 19.9 Å². The van der Waals surface area contributed by atoms with Crippen LogP contribution in [0.1, 0.15) is 31.7 Å². The molecule has 0 aliphatic carbocycles. The summed E-state index contributed by atoms with van der Waals surface area (Å²) in [5.74, 6) is 0.788. The van der Waals surface area contributed by atoms with Crippen molar-refractivity contribution in [2.75, 3.05) is 24.6 Å². The van der Waals surface area contributed by atoms with E-state index in [1.807, 2.05) is 12.4 Å². The van der Waals surface area contributed by atoms with Gasteiger partial charge in [0, 0.05) is 44.3 Å². The van der Waals surface area contributed by atoms with E-state index in [-0.39, 0.29) is 11.7 Å². The van der Waals surface area contributed by atoms with E-state index in [2.05, 4.69) is 31.8 Å². The largest absolute Gasteiger partial charge is 0.458 e. The van der Waals surface area contributed by atoms with Gasteiger partial charge in [-0.05, 0) is 30.9 Å². The Labute approximate surface area is 147 Å². The van der Waals surface area contributed by atoms with E-state index in [1.54, 1.807) is 18.5 Å². The van der Waals surface area contributed by atoms with E-state index in [4.69, 9.17) is 9.47 Å². The Morgan fingerprint density at radius 3 is 2.80 bits per heavy atom. The van der Waals surface area contributed by atoms with Crippen LogP contribution in [-0.2, 0) is 11.2 Å². The Balaban J connectivity index is 1.42. The van der Waals surface area contributed by atoms with Crippen molar-refractivity contribution in [2.24, 2.45) is 0 Å². The molecular formula is C18H23N5O2. The number of nitrogens with zero attached hydrogens (tertiary/aromatic N) is 5. The van der Waals surface area contributed by atoms with E-state index in [0.717, 1.165) is 50.3 Å². The van der Waals surface area contributed by atoms with E-state index in [9.17, 15) is 0 Å². The normalized spacial score (nSPS) is 26.1. The molecule has 2 unspecified atom stereocenters. The second kappa shape index (κ2) is 6.92. The van der Waals surface area contributed by atoms with Crippen LogP contribution in [0.4, 0.5) is 5.95 Å². The highest BCUT2D eigenvalue weighted by molar-refractivity contribution is 5.32. The van der Waals surface area contributed by atoms with Crippen LogP contribution in [0, 0.1) is 0 Å². The first-order valence-electron chi connectivity index (χ1n) is 8.90. The number of piperidine rings is 1. The smallest absolute Gasteiger partial charge is 0.316 e. The highest BCUT2D eigenvalue weighted by Gasteiger charge is 2.45. The summed E-state index contributed by atoms with van der Waals surface area (Å²) in [5.41, 5.74) is 0.966. The Morgan fingerprint density at radius 2 is 2.04 bits per heavy atom. The fraction of sp³-hybridized carbons (Fsp3) is 0.556. The molecule has 132 valence electrons. The highest BCUT2D eigenvalue weighted by Crippen LogP contribution is 2.36. The Morgan fingerprint density at radius 1 is 1.24 bits per heavy atom. The monoisotopic (exact) mass is 341 g/mol. The highest BCUT2D eigenvalue weighted by atomic mass is 16.6. The number of anilines is 1. The molecule has 2 aromatic rings. The van der Waals surface area contributed by atoms with E-state index in [0.29, 0.717) is 12.6 Å². The van der Waals surface area contributed by atoms with Gasteiger partial charge >= 0.3 is 6.01 Å². The molecule has 2 aromatic heterocycles. The summed E-state index contributed by atoms with van der Waals surface area (Å²) in [5, 5.41) is 0. The topological polar surface area (TPSA) is 73.3 Å². The van der Waals surface area contributed by atoms with Gasteiger partial charge in [0.1, 0.15) is 6.10 Å². The van der Waals surface area contributed by atoms with Crippen LogP contribution in [0.2, 0.25) is 0 Å². The summed E-state index contributed by atoms with van der Waals surface area (Å²) < 4.78 is 12.1. The van der Waals surface area contributed by atoms with Gasteiger partial charge in [0.2, 0.25) is 5.95 Å². The molecule has 4 heterocycles. The van der Waals surface area contributed by atoms with Crippen molar-refractivity contribution in [3.05, 3.63) is 36.4 Å². The first-order valence-corrected chi connectivity index (χ1v) is 8.90. The summed E-state index contributed by atoms with van der Waals surface area (Å²) in [7, 11) is 0. The summed E-state index contributed by atoms with van der Waals surface area (Å²) in [6.07, 6.45) is 11.1. The lowest BCUT2D eigenvalue weighted by atomic mass is 9.89. The second-order valence-electron chi connectivity index (χ2n) is 6.74. The summed E-state index contributed by atoms with van der Waals surface area (Å²) in [6.45, 7) is 4.44. The Hall–Kier alpha value is -2.28. The van der Waals surface area contributed by atoms with Crippen LogP contribution in [-0.4, -0.2) is 51.3 Å². The van der Waals surface area contributed by atoms with E-state index >= 15 is 0 Å². The minimum absolute atomic E-state index is 0.00858. The summed E-state index contributed by atoms with van der Waals surface area (Å²) >= 11 is 0. The zero-order valence-corrected chi connectivity index (χ0v) is 14.5. The third-order valence-electron chi connectivity index (χ3n) is 4.91. The average Bonchev–Trinajstić information content (AvgIpc) is 3.04.